The summed E-state index contributed by atoms with van der Waals surface area (Å²) in [5, 5.41) is 3.92. The number of hydrogen-bond donors (Lipinski definition) is 1. The lowest BCUT2D eigenvalue weighted by molar-refractivity contribution is -0.141. The molecule has 0 saturated heterocycles. The van der Waals surface area contributed by atoms with Crippen LogP contribution in [-0.4, -0.2) is 50.0 Å². The monoisotopic (exact) mass is 595 g/mol. The minimum absolute atomic E-state index is 0.0909. The van der Waals surface area contributed by atoms with Gasteiger partial charge in [0.2, 0.25) is 21.8 Å². The quantitative estimate of drug-likeness (QED) is 0.309. The third-order valence-electron chi connectivity index (χ3n) is 7.21. The molecule has 2 aromatic rings. The van der Waals surface area contributed by atoms with Gasteiger partial charge >= 0.3 is 0 Å². The van der Waals surface area contributed by atoms with Crippen molar-refractivity contribution in [2.75, 3.05) is 17.1 Å². The van der Waals surface area contributed by atoms with Crippen LogP contribution < -0.4 is 9.62 Å². The first-order valence-corrected chi connectivity index (χ1v) is 16.2. The van der Waals surface area contributed by atoms with Crippen molar-refractivity contribution in [1.29, 1.82) is 0 Å². The normalized spacial score (nSPS) is 14.7. The SMILES string of the molecule is CCc1ccc(N(CCCC(=O)N(Cc2ccc(Cl)c(Cl)c2)[C@H](CC)C(=O)NC2CCCC2)S(C)(=O)=O)cc1. The highest BCUT2D eigenvalue weighted by molar-refractivity contribution is 7.92. The Morgan fingerprint density at radius 2 is 1.64 bits per heavy atom. The molecule has 7 nitrogen and oxygen atoms in total. The van der Waals surface area contributed by atoms with E-state index in [2.05, 4.69) is 5.32 Å². The van der Waals surface area contributed by atoms with Gasteiger partial charge in [-0.3, -0.25) is 13.9 Å². The third-order valence-corrected chi connectivity index (χ3v) is 9.14. The highest BCUT2D eigenvalue weighted by Crippen LogP contribution is 2.25. The third kappa shape index (κ3) is 8.85. The fraction of sp³-hybridized carbons (Fsp3) is 0.517. The second-order valence-corrected chi connectivity index (χ2v) is 12.9. The molecule has 3 rings (SSSR count). The van der Waals surface area contributed by atoms with E-state index in [0.29, 0.717) is 28.6 Å². The van der Waals surface area contributed by atoms with Gasteiger partial charge in [-0.2, -0.15) is 0 Å². The van der Waals surface area contributed by atoms with Gasteiger partial charge in [0.25, 0.3) is 0 Å². The summed E-state index contributed by atoms with van der Waals surface area (Å²) in [7, 11) is -3.54. The minimum atomic E-state index is -3.54. The van der Waals surface area contributed by atoms with E-state index in [4.69, 9.17) is 23.2 Å². The molecule has 0 radical (unpaired) electrons. The van der Waals surface area contributed by atoms with Gasteiger partial charge in [-0.15, -0.1) is 0 Å². The van der Waals surface area contributed by atoms with Crippen LogP contribution in [0, 0.1) is 0 Å². The number of rotatable bonds is 13. The lowest BCUT2D eigenvalue weighted by atomic mass is 10.1. The van der Waals surface area contributed by atoms with E-state index in [9.17, 15) is 18.0 Å². The predicted molar refractivity (Wildman–Crippen MR) is 159 cm³/mol. The van der Waals surface area contributed by atoms with E-state index in [-0.39, 0.29) is 37.4 Å². The molecular formula is C29H39Cl2N3O4S. The maximum Gasteiger partial charge on any atom is 0.243 e. The molecule has 1 fully saturated rings. The first-order chi connectivity index (χ1) is 18.5. The summed E-state index contributed by atoms with van der Waals surface area (Å²) in [6.07, 6.45) is 6.94. The molecule has 0 bridgehead atoms. The Kier molecular flexibility index (Phi) is 11.5. The van der Waals surface area contributed by atoms with Crippen molar-refractivity contribution in [1.82, 2.24) is 10.2 Å². The lowest BCUT2D eigenvalue weighted by Crippen LogP contribution is -2.51. The predicted octanol–water partition coefficient (Wildman–Crippen LogP) is 5.97. The zero-order valence-corrected chi connectivity index (χ0v) is 25.3. The fourth-order valence-electron chi connectivity index (χ4n) is 5.02. The summed E-state index contributed by atoms with van der Waals surface area (Å²) in [6.45, 7) is 4.28. The van der Waals surface area contributed by atoms with Gasteiger partial charge in [0.05, 0.1) is 22.0 Å². The van der Waals surface area contributed by atoms with Gasteiger partial charge in [0.15, 0.2) is 0 Å². The Bertz CT molecular complexity index is 1230. The lowest BCUT2D eigenvalue weighted by Gasteiger charge is -2.32. The molecule has 1 N–H and O–H groups in total. The molecular weight excluding hydrogens is 557 g/mol. The molecule has 0 spiro atoms. The Balaban J connectivity index is 1.77. The second-order valence-electron chi connectivity index (χ2n) is 10.1. The van der Waals surface area contributed by atoms with Gasteiger partial charge in [-0.1, -0.05) is 68.1 Å². The van der Waals surface area contributed by atoms with Crippen molar-refractivity contribution in [3.8, 4) is 0 Å². The first-order valence-electron chi connectivity index (χ1n) is 13.6. The molecule has 1 aliphatic carbocycles. The Morgan fingerprint density at radius 1 is 1.00 bits per heavy atom. The van der Waals surface area contributed by atoms with E-state index < -0.39 is 16.1 Å². The Hall–Kier alpha value is -2.29. The van der Waals surface area contributed by atoms with E-state index in [0.717, 1.165) is 43.2 Å². The molecule has 214 valence electrons. The zero-order chi connectivity index (χ0) is 28.6. The number of halogens is 2. The van der Waals surface area contributed by atoms with Crippen molar-refractivity contribution in [3.63, 3.8) is 0 Å². The van der Waals surface area contributed by atoms with Gasteiger partial charge in [-0.05, 0) is 67.5 Å². The molecule has 2 aromatic carbocycles. The summed E-state index contributed by atoms with van der Waals surface area (Å²) in [4.78, 5) is 28.5. The van der Waals surface area contributed by atoms with Crippen LogP contribution in [0.15, 0.2) is 42.5 Å². The molecule has 39 heavy (non-hydrogen) atoms. The van der Waals surface area contributed by atoms with Crippen LogP contribution in [0.5, 0.6) is 0 Å². The smallest absolute Gasteiger partial charge is 0.243 e. The Labute approximate surface area is 242 Å². The van der Waals surface area contributed by atoms with E-state index in [1.807, 2.05) is 26.0 Å². The average molecular weight is 597 g/mol. The molecule has 1 aliphatic rings. The van der Waals surface area contributed by atoms with Crippen molar-refractivity contribution < 1.29 is 18.0 Å². The Morgan fingerprint density at radius 3 is 2.21 bits per heavy atom. The van der Waals surface area contributed by atoms with E-state index in [1.165, 1.54) is 10.6 Å². The van der Waals surface area contributed by atoms with Crippen LogP contribution >= 0.6 is 23.2 Å². The van der Waals surface area contributed by atoms with Gasteiger partial charge in [0, 0.05) is 25.6 Å². The van der Waals surface area contributed by atoms with E-state index >= 15 is 0 Å². The number of benzene rings is 2. The maximum absolute atomic E-state index is 13.6. The summed E-state index contributed by atoms with van der Waals surface area (Å²) < 4.78 is 26.4. The van der Waals surface area contributed by atoms with E-state index in [1.54, 1.807) is 35.2 Å². The number of nitrogens with zero attached hydrogens (tertiary/aromatic N) is 2. The van der Waals surface area contributed by atoms with Crippen molar-refractivity contribution in [2.24, 2.45) is 0 Å². The number of amides is 2. The molecule has 0 aromatic heterocycles. The molecule has 0 unspecified atom stereocenters. The molecule has 2 amide bonds. The number of anilines is 1. The standard InChI is InChI=1S/C29H39Cl2N3O4S/c1-4-21-12-15-24(16-13-21)34(39(3,37)38)18-8-11-28(35)33(20-22-14-17-25(30)26(31)19-22)27(5-2)29(36)32-23-9-6-7-10-23/h12-17,19,23,27H,4-11,18,20H2,1-3H3,(H,32,36)/t27-/m1/s1. The highest BCUT2D eigenvalue weighted by Gasteiger charge is 2.31. The van der Waals surface area contributed by atoms with Crippen molar-refractivity contribution in [3.05, 3.63) is 63.6 Å². The summed E-state index contributed by atoms with van der Waals surface area (Å²) in [5.74, 6) is -0.379. The van der Waals surface area contributed by atoms with Crippen LogP contribution in [0.25, 0.3) is 0 Å². The summed E-state index contributed by atoms with van der Waals surface area (Å²) in [6, 6.07) is 12.1. The number of hydrogen-bond acceptors (Lipinski definition) is 4. The van der Waals surface area contributed by atoms with Crippen LogP contribution in [-0.2, 0) is 32.6 Å². The fourth-order valence-corrected chi connectivity index (χ4v) is 6.31. The average Bonchev–Trinajstić information content (AvgIpc) is 3.41. The van der Waals surface area contributed by atoms with Crippen LogP contribution in [0.3, 0.4) is 0 Å². The summed E-state index contributed by atoms with van der Waals surface area (Å²) >= 11 is 12.3. The van der Waals surface area contributed by atoms with Crippen LogP contribution in [0.2, 0.25) is 10.0 Å². The number of nitrogens with one attached hydrogen (secondary N) is 1. The highest BCUT2D eigenvalue weighted by atomic mass is 35.5. The number of carbonyl (C=O) groups is 2. The summed E-state index contributed by atoms with van der Waals surface area (Å²) in [5.41, 5.74) is 2.44. The largest absolute Gasteiger partial charge is 0.352 e. The number of aryl methyl sites for hydroxylation is 1. The molecule has 1 saturated carbocycles. The van der Waals surface area contributed by atoms with Crippen molar-refractivity contribution in [2.45, 2.75) is 83.8 Å². The van der Waals surface area contributed by atoms with Gasteiger partial charge in [-0.25, -0.2) is 8.42 Å². The first kappa shape index (κ1) is 31.2. The molecule has 0 aliphatic heterocycles. The van der Waals surface area contributed by atoms with Crippen molar-refractivity contribution >= 4 is 50.7 Å². The molecule has 0 heterocycles. The molecule has 10 heteroatoms. The number of sulfonamides is 1. The van der Waals surface area contributed by atoms with Gasteiger partial charge in [0.1, 0.15) is 6.04 Å². The molecule has 1 atom stereocenters. The van der Waals surface area contributed by atoms with Gasteiger partial charge < -0.3 is 10.2 Å². The zero-order valence-electron chi connectivity index (χ0n) is 23.0. The minimum Gasteiger partial charge on any atom is -0.352 e. The maximum atomic E-state index is 13.6. The second kappa shape index (κ2) is 14.4. The topological polar surface area (TPSA) is 86.8 Å². The number of carbonyl (C=O) groups excluding carboxylic acids is 2. The van der Waals surface area contributed by atoms with Crippen LogP contribution in [0.1, 0.15) is 69.9 Å². The van der Waals surface area contributed by atoms with Crippen LogP contribution in [0.4, 0.5) is 5.69 Å².